The molecular weight excluding hydrogens is 446 g/mol. The largest absolute Gasteiger partial charge is 0.481 e. The number of fused-ring (bicyclic) bond motifs is 3. The molecule has 1 unspecified atom stereocenters. The minimum Gasteiger partial charge on any atom is -0.481 e. The van der Waals surface area contributed by atoms with E-state index in [-0.39, 0.29) is 12.1 Å². The highest BCUT2D eigenvalue weighted by atomic mass is 16.6. The van der Waals surface area contributed by atoms with Crippen LogP contribution in [0.3, 0.4) is 0 Å². The van der Waals surface area contributed by atoms with Crippen molar-refractivity contribution >= 4 is 22.7 Å². The molecule has 1 saturated carbocycles. The first kappa shape index (κ1) is 23.8. The maximum atomic E-state index is 11.8. The predicted molar refractivity (Wildman–Crippen MR) is 132 cm³/mol. The lowest BCUT2D eigenvalue weighted by atomic mass is 9.85. The standard InChI is InChI=1S/C27H33N3O5/c1-16-11-12-20-21(29(16)27(34)35-2)13-14-22-23(20)28-25(24(31)17-7-4-3-5-8-17)30(22)19-10-6-9-18(15-19)26(32)33/h3-5,7-8,13-14,16,18-19,24,27,31,34H,6,9-12,15H2,1-2H3,(H,32,33)/t16-,18+,19+,24+,27?/m0/s1. The number of rotatable bonds is 6. The summed E-state index contributed by atoms with van der Waals surface area (Å²) in [5, 5.41) is 31.7. The first-order valence-corrected chi connectivity index (χ1v) is 12.4. The highest BCUT2D eigenvalue weighted by Crippen LogP contribution is 2.42. The molecule has 0 saturated heterocycles. The van der Waals surface area contributed by atoms with Gasteiger partial charge in [-0.25, -0.2) is 4.98 Å². The van der Waals surface area contributed by atoms with Crippen LogP contribution in [0, 0.1) is 5.92 Å². The van der Waals surface area contributed by atoms with Crippen molar-refractivity contribution in [3.05, 3.63) is 59.4 Å². The summed E-state index contributed by atoms with van der Waals surface area (Å²) < 4.78 is 7.32. The number of nitrogens with zero attached hydrogens (tertiary/aromatic N) is 3. The minimum atomic E-state index is -1.06. The summed E-state index contributed by atoms with van der Waals surface area (Å²) in [7, 11) is 1.48. The molecule has 186 valence electrons. The Bertz CT molecular complexity index is 1210. The molecule has 8 nitrogen and oxygen atoms in total. The second kappa shape index (κ2) is 9.60. The third kappa shape index (κ3) is 4.20. The molecule has 8 heteroatoms. The molecule has 2 aliphatic rings. The van der Waals surface area contributed by atoms with E-state index in [1.165, 1.54) is 7.11 Å². The number of hydrogen-bond donors (Lipinski definition) is 3. The molecule has 0 amide bonds. The maximum Gasteiger partial charge on any atom is 0.306 e. The number of hydrogen-bond acceptors (Lipinski definition) is 6. The van der Waals surface area contributed by atoms with Crippen LogP contribution in [0.2, 0.25) is 0 Å². The highest BCUT2D eigenvalue weighted by Gasteiger charge is 2.35. The zero-order chi connectivity index (χ0) is 24.7. The van der Waals surface area contributed by atoms with Crippen molar-refractivity contribution in [2.45, 2.75) is 70.1 Å². The third-order valence-corrected chi connectivity index (χ3v) is 7.70. The zero-order valence-electron chi connectivity index (χ0n) is 20.2. The predicted octanol–water partition coefficient (Wildman–Crippen LogP) is 4.00. The van der Waals surface area contributed by atoms with Gasteiger partial charge in [-0.2, -0.15) is 0 Å². The SMILES string of the molecule is COC(O)N1c2ccc3c(nc([C@H](O)c4ccccc4)n3[C@@H]3CCC[C@@H](C(=O)O)C3)c2CC[C@@H]1C. The monoisotopic (exact) mass is 479 g/mol. The van der Waals surface area contributed by atoms with E-state index in [1.807, 2.05) is 47.4 Å². The third-order valence-electron chi connectivity index (χ3n) is 7.70. The Kier molecular flexibility index (Phi) is 6.53. The van der Waals surface area contributed by atoms with Crippen LogP contribution in [0.25, 0.3) is 11.0 Å². The second-order valence-corrected chi connectivity index (χ2v) is 9.80. The van der Waals surface area contributed by atoms with E-state index < -0.39 is 24.4 Å². The van der Waals surface area contributed by atoms with Crippen molar-refractivity contribution in [3.63, 3.8) is 0 Å². The number of ether oxygens (including phenoxy) is 1. The Morgan fingerprint density at radius 3 is 2.60 bits per heavy atom. The number of aliphatic hydroxyl groups is 2. The van der Waals surface area contributed by atoms with Gasteiger partial charge in [-0.3, -0.25) is 4.79 Å². The summed E-state index contributed by atoms with van der Waals surface area (Å²) >= 11 is 0. The minimum absolute atomic E-state index is 0.0653. The zero-order valence-corrected chi connectivity index (χ0v) is 20.2. The molecule has 0 radical (unpaired) electrons. The number of aliphatic carboxylic acids is 1. The van der Waals surface area contributed by atoms with Crippen molar-refractivity contribution in [2.75, 3.05) is 12.0 Å². The number of aryl methyl sites for hydroxylation is 1. The molecule has 3 aromatic rings. The molecule has 1 aliphatic heterocycles. The molecule has 0 bridgehead atoms. The molecule has 1 fully saturated rings. The molecule has 5 atom stereocenters. The van der Waals surface area contributed by atoms with Crippen LogP contribution in [-0.4, -0.2) is 50.4 Å². The van der Waals surface area contributed by atoms with Crippen molar-refractivity contribution < 1.29 is 24.9 Å². The van der Waals surface area contributed by atoms with Crippen LogP contribution in [0.4, 0.5) is 5.69 Å². The Labute approximate surface area is 204 Å². The quantitative estimate of drug-likeness (QED) is 0.459. The normalized spacial score (nSPS) is 24.2. The molecule has 3 N–H and O–H groups in total. The summed E-state index contributed by atoms with van der Waals surface area (Å²) in [4.78, 5) is 18.7. The lowest BCUT2D eigenvalue weighted by Gasteiger charge is -2.39. The fraction of sp³-hybridized carbons (Fsp3) is 0.481. The number of carboxylic acid groups (broad SMARTS) is 1. The first-order chi connectivity index (χ1) is 16.9. The van der Waals surface area contributed by atoms with Gasteiger partial charge in [0.05, 0.1) is 17.0 Å². The number of aliphatic hydroxyl groups excluding tert-OH is 2. The van der Waals surface area contributed by atoms with Gasteiger partial charge in [0.2, 0.25) is 6.41 Å². The van der Waals surface area contributed by atoms with Crippen LogP contribution in [0.15, 0.2) is 42.5 Å². The lowest BCUT2D eigenvalue weighted by Crippen LogP contribution is -2.45. The molecule has 1 aliphatic carbocycles. The van der Waals surface area contributed by atoms with E-state index in [1.54, 1.807) is 0 Å². The van der Waals surface area contributed by atoms with Gasteiger partial charge >= 0.3 is 5.97 Å². The number of aromatic nitrogens is 2. The Hall–Kier alpha value is -2.94. The van der Waals surface area contributed by atoms with Crippen molar-refractivity contribution in [3.8, 4) is 0 Å². The summed E-state index contributed by atoms with van der Waals surface area (Å²) in [6.45, 7) is 2.06. The van der Waals surface area contributed by atoms with Gasteiger partial charge in [0.1, 0.15) is 11.9 Å². The highest BCUT2D eigenvalue weighted by molar-refractivity contribution is 5.86. The van der Waals surface area contributed by atoms with E-state index in [0.717, 1.165) is 53.5 Å². The number of benzene rings is 2. The topological polar surface area (TPSA) is 108 Å². The Balaban J connectivity index is 1.68. The molecular formula is C27H33N3O5. The number of imidazole rings is 1. The van der Waals surface area contributed by atoms with Gasteiger partial charge in [-0.1, -0.05) is 36.8 Å². The summed E-state index contributed by atoms with van der Waals surface area (Å²) in [5.74, 6) is -0.633. The molecule has 5 rings (SSSR count). The van der Waals surface area contributed by atoms with E-state index in [4.69, 9.17) is 9.72 Å². The molecule has 2 aromatic carbocycles. The summed E-state index contributed by atoms with van der Waals surface area (Å²) in [6.07, 6.45) is 2.47. The van der Waals surface area contributed by atoms with Gasteiger partial charge in [-0.05, 0) is 56.7 Å². The van der Waals surface area contributed by atoms with Crippen LogP contribution in [0.1, 0.15) is 68.1 Å². The molecule has 35 heavy (non-hydrogen) atoms. The average Bonchev–Trinajstić information content (AvgIpc) is 3.28. The molecule has 2 heterocycles. The van der Waals surface area contributed by atoms with Crippen molar-refractivity contribution in [1.82, 2.24) is 9.55 Å². The number of anilines is 1. The van der Waals surface area contributed by atoms with E-state index in [2.05, 4.69) is 11.5 Å². The number of methoxy groups -OCH3 is 1. The fourth-order valence-electron chi connectivity index (χ4n) is 5.88. The van der Waals surface area contributed by atoms with E-state index in [0.29, 0.717) is 18.7 Å². The van der Waals surface area contributed by atoms with Gasteiger partial charge in [0.15, 0.2) is 0 Å². The smallest absolute Gasteiger partial charge is 0.306 e. The van der Waals surface area contributed by atoms with Crippen molar-refractivity contribution in [2.24, 2.45) is 5.92 Å². The Morgan fingerprint density at radius 2 is 1.89 bits per heavy atom. The number of carbonyl (C=O) groups is 1. The van der Waals surface area contributed by atoms with Gasteiger partial charge in [-0.15, -0.1) is 0 Å². The molecule has 1 aromatic heterocycles. The maximum absolute atomic E-state index is 11.8. The van der Waals surface area contributed by atoms with E-state index >= 15 is 0 Å². The van der Waals surface area contributed by atoms with Crippen LogP contribution in [0.5, 0.6) is 0 Å². The average molecular weight is 480 g/mol. The second-order valence-electron chi connectivity index (χ2n) is 9.80. The van der Waals surface area contributed by atoms with Crippen LogP contribution in [-0.2, 0) is 16.0 Å². The van der Waals surface area contributed by atoms with Crippen LogP contribution < -0.4 is 4.90 Å². The lowest BCUT2D eigenvalue weighted by molar-refractivity contribution is -0.143. The Morgan fingerprint density at radius 1 is 1.11 bits per heavy atom. The van der Waals surface area contributed by atoms with Crippen LogP contribution >= 0.6 is 0 Å². The van der Waals surface area contributed by atoms with Gasteiger partial charge in [0, 0.05) is 30.4 Å². The number of carboxylic acids is 1. The summed E-state index contributed by atoms with van der Waals surface area (Å²) in [6, 6.07) is 13.5. The van der Waals surface area contributed by atoms with E-state index in [9.17, 15) is 20.1 Å². The molecule has 0 spiro atoms. The summed E-state index contributed by atoms with van der Waals surface area (Å²) in [5.41, 5.74) is 4.33. The van der Waals surface area contributed by atoms with Gasteiger partial charge in [0.25, 0.3) is 0 Å². The first-order valence-electron chi connectivity index (χ1n) is 12.4. The van der Waals surface area contributed by atoms with Gasteiger partial charge < -0.3 is 29.5 Å². The van der Waals surface area contributed by atoms with Crippen molar-refractivity contribution in [1.29, 1.82) is 0 Å². The fourth-order valence-corrected chi connectivity index (χ4v) is 5.88.